The van der Waals surface area contributed by atoms with Crippen LogP contribution in [0.1, 0.15) is 27.7 Å². The summed E-state index contributed by atoms with van der Waals surface area (Å²) in [4.78, 5) is 18.7. The lowest BCUT2D eigenvalue weighted by molar-refractivity contribution is -0.137. The van der Waals surface area contributed by atoms with E-state index in [1.54, 1.807) is 12.1 Å². The van der Waals surface area contributed by atoms with Crippen LogP contribution in [-0.4, -0.2) is 36.6 Å². The van der Waals surface area contributed by atoms with Crippen molar-refractivity contribution in [1.82, 2.24) is 10.3 Å². The number of fused-ring (bicyclic) bond motifs is 1. The van der Waals surface area contributed by atoms with Crippen molar-refractivity contribution in [2.45, 2.75) is 12.3 Å². The van der Waals surface area contributed by atoms with Gasteiger partial charge in [0.2, 0.25) is 0 Å². The number of amides is 1. The van der Waals surface area contributed by atoms with Crippen LogP contribution >= 0.6 is 0 Å². The number of hydrogen-bond acceptors (Lipinski definition) is 4. The van der Waals surface area contributed by atoms with Gasteiger partial charge in [0.05, 0.1) is 17.2 Å². The summed E-state index contributed by atoms with van der Waals surface area (Å²) < 4.78 is 38.5. The molecule has 0 aliphatic heterocycles. The molecule has 29 heavy (non-hydrogen) atoms. The number of benzene rings is 2. The number of rotatable bonds is 5. The molecule has 1 unspecified atom stereocenters. The van der Waals surface area contributed by atoms with Crippen LogP contribution in [0, 0.1) is 0 Å². The first kappa shape index (κ1) is 20.6. The highest BCUT2D eigenvalue weighted by Gasteiger charge is 2.30. The Labute approximate surface area is 165 Å². The molecule has 0 saturated carbocycles. The molecule has 5 nitrogen and oxygen atoms in total. The number of carbonyl (C=O) groups is 1. The summed E-state index contributed by atoms with van der Waals surface area (Å²) in [7, 11) is 3.70. The van der Waals surface area contributed by atoms with Crippen LogP contribution in [0.5, 0.6) is 0 Å². The van der Waals surface area contributed by atoms with E-state index in [-0.39, 0.29) is 17.8 Å². The first-order valence-corrected chi connectivity index (χ1v) is 8.87. The van der Waals surface area contributed by atoms with Crippen molar-refractivity contribution in [3.8, 4) is 0 Å². The van der Waals surface area contributed by atoms with E-state index >= 15 is 0 Å². The van der Waals surface area contributed by atoms with E-state index < -0.39 is 23.8 Å². The second-order valence-electron chi connectivity index (χ2n) is 6.79. The molecule has 1 amide bonds. The molecule has 1 aromatic heterocycles. The maximum atomic E-state index is 12.8. The molecule has 1 atom stereocenters. The van der Waals surface area contributed by atoms with Gasteiger partial charge in [-0.1, -0.05) is 30.3 Å². The molecule has 2 N–H and O–H groups in total. The minimum absolute atomic E-state index is 0.0700. The van der Waals surface area contributed by atoms with Gasteiger partial charge in [-0.05, 0) is 29.8 Å². The van der Waals surface area contributed by atoms with Crippen molar-refractivity contribution in [2.75, 3.05) is 25.5 Å². The van der Waals surface area contributed by atoms with Gasteiger partial charge in [0.15, 0.2) is 0 Å². The predicted octanol–water partition coefficient (Wildman–Crippen LogP) is 3.78. The Balaban J connectivity index is 1.77. The number of halogens is 3. The molecule has 0 fully saturated rings. The van der Waals surface area contributed by atoms with Crippen LogP contribution in [0.4, 0.5) is 18.9 Å². The first-order chi connectivity index (χ1) is 13.7. The van der Waals surface area contributed by atoms with Crippen LogP contribution in [0.15, 0.2) is 54.6 Å². The SMILES string of the molecule is CN(C)c1cc(C(=O)NCC(O)c2cccc(C(F)(F)F)c2)nc2ccccc12. The first-order valence-electron chi connectivity index (χ1n) is 8.87. The fourth-order valence-corrected chi connectivity index (χ4v) is 2.96. The summed E-state index contributed by atoms with van der Waals surface area (Å²) in [6.45, 7) is -0.244. The van der Waals surface area contributed by atoms with E-state index in [4.69, 9.17) is 0 Å². The van der Waals surface area contributed by atoms with Gasteiger partial charge in [-0.3, -0.25) is 4.79 Å². The summed E-state index contributed by atoms with van der Waals surface area (Å²) in [5.74, 6) is -0.523. The maximum absolute atomic E-state index is 12.8. The number of nitrogens with one attached hydrogen (secondary N) is 1. The van der Waals surface area contributed by atoms with Gasteiger partial charge < -0.3 is 15.3 Å². The lowest BCUT2D eigenvalue weighted by Gasteiger charge is -2.17. The van der Waals surface area contributed by atoms with Gasteiger partial charge in [-0.25, -0.2) is 4.98 Å². The monoisotopic (exact) mass is 403 g/mol. The largest absolute Gasteiger partial charge is 0.416 e. The van der Waals surface area contributed by atoms with Crippen molar-refractivity contribution in [3.63, 3.8) is 0 Å². The zero-order valence-electron chi connectivity index (χ0n) is 15.9. The van der Waals surface area contributed by atoms with Crippen molar-refractivity contribution in [3.05, 3.63) is 71.4 Å². The number of anilines is 1. The Bertz CT molecular complexity index is 1040. The predicted molar refractivity (Wildman–Crippen MR) is 105 cm³/mol. The van der Waals surface area contributed by atoms with Crippen molar-refractivity contribution >= 4 is 22.5 Å². The molecule has 0 aliphatic carbocycles. The summed E-state index contributed by atoms with van der Waals surface area (Å²) in [6.07, 6.45) is -5.79. The zero-order chi connectivity index (χ0) is 21.2. The summed E-state index contributed by atoms with van der Waals surface area (Å²) >= 11 is 0. The second kappa shape index (κ2) is 8.08. The van der Waals surface area contributed by atoms with E-state index in [1.807, 2.05) is 37.2 Å². The van der Waals surface area contributed by atoms with Gasteiger partial charge >= 0.3 is 6.18 Å². The van der Waals surface area contributed by atoms with Gasteiger partial charge in [-0.2, -0.15) is 13.2 Å². The highest BCUT2D eigenvalue weighted by atomic mass is 19.4. The van der Waals surface area contributed by atoms with Crippen LogP contribution in [0.3, 0.4) is 0 Å². The lowest BCUT2D eigenvalue weighted by Crippen LogP contribution is -2.29. The molecular weight excluding hydrogens is 383 g/mol. The normalized spacial score (nSPS) is 12.6. The second-order valence-corrected chi connectivity index (χ2v) is 6.79. The number of aromatic nitrogens is 1. The highest BCUT2D eigenvalue weighted by Crippen LogP contribution is 2.30. The number of para-hydroxylation sites is 1. The molecule has 152 valence electrons. The van der Waals surface area contributed by atoms with Crippen molar-refractivity contribution in [2.24, 2.45) is 0 Å². The minimum Gasteiger partial charge on any atom is -0.387 e. The van der Waals surface area contributed by atoms with Gasteiger partial charge in [0.1, 0.15) is 5.69 Å². The Morgan fingerprint density at radius 3 is 2.55 bits per heavy atom. The smallest absolute Gasteiger partial charge is 0.387 e. The number of alkyl halides is 3. The number of pyridine rings is 1. The van der Waals surface area contributed by atoms with Crippen molar-refractivity contribution < 1.29 is 23.1 Å². The summed E-state index contributed by atoms with van der Waals surface area (Å²) in [6, 6.07) is 13.4. The molecule has 0 saturated heterocycles. The van der Waals surface area contributed by atoms with E-state index in [1.165, 1.54) is 12.1 Å². The third-order valence-corrected chi connectivity index (χ3v) is 4.46. The topological polar surface area (TPSA) is 65.5 Å². The van der Waals surface area contributed by atoms with Crippen LogP contribution in [0.25, 0.3) is 10.9 Å². The molecule has 2 aromatic carbocycles. The molecule has 0 spiro atoms. The fourth-order valence-electron chi connectivity index (χ4n) is 2.96. The Morgan fingerprint density at radius 1 is 1.14 bits per heavy atom. The molecular formula is C21H20F3N3O2. The molecule has 0 radical (unpaired) electrons. The standard InChI is InChI=1S/C21H20F3N3O2/c1-27(2)18-11-17(26-16-9-4-3-8-15(16)18)20(29)25-12-19(28)13-6-5-7-14(10-13)21(22,23)24/h3-11,19,28H,12H2,1-2H3,(H,25,29). The molecule has 0 bridgehead atoms. The number of nitrogens with zero attached hydrogens (tertiary/aromatic N) is 2. The average Bonchev–Trinajstić information content (AvgIpc) is 2.70. The van der Waals surface area contributed by atoms with E-state index in [2.05, 4.69) is 10.3 Å². The van der Waals surface area contributed by atoms with Gasteiger partial charge in [-0.15, -0.1) is 0 Å². The van der Waals surface area contributed by atoms with Crippen LogP contribution in [0.2, 0.25) is 0 Å². The number of aliphatic hydroxyl groups excluding tert-OH is 1. The highest BCUT2D eigenvalue weighted by molar-refractivity contribution is 5.99. The van der Waals surface area contributed by atoms with Gasteiger partial charge in [0, 0.05) is 31.7 Å². The maximum Gasteiger partial charge on any atom is 0.416 e. The Kier molecular flexibility index (Phi) is 5.74. The number of hydrogen-bond donors (Lipinski definition) is 2. The van der Waals surface area contributed by atoms with E-state index in [0.29, 0.717) is 5.52 Å². The molecule has 3 aromatic rings. The molecule has 3 rings (SSSR count). The van der Waals surface area contributed by atoms with Crippen LogP contribution in [-0.2, 0) is 6.18 Å². The third-order valence-electron chi connectivity index (χ3n) is 4.46. The fraction of sp³-hybridized carbons (Fsp3) is 0.238. The Hall–Kier alpha value is -3.13. The average molecular weight is 403 g/mol. The minimum atomic E-state index is -4.50. The summed E-state index contributed by atoms with van der Waals surface area (Å²) in [5.41, 5.74) is 0.817. The quantitative estimate of drug-likeness (QED) is 0.681. The third kappa shape index (κ3) is 4.65. The Morgan fingerprint density at radius 2 is 1.86 bits per heavy atom. The molecule has 0 aliphatic rings. The van der Waals surface area contributed by atoms with E-state index in [9.17, 15) is 23.1 Å². The molecule has 8 heteroatoms. The zero-order valence-corrected chi connectivity index (χ0v) is 15.9. The van der Waals surface area contributed by atoms with E-state index in [0.717, 1.165) is 23.2 Å². The molecule has 1 heterocycles. The number of aliphatic hydroxyl groups is 1. The lowest BCUT2D eigenvalue weighted by atomic mass is 10.1. The van der Waals surface area contributed by atoms with Crippen molar-refractivity contribution in [1.29, 1.82) is 0 Å². The number of carbonyl (C=O) groups excluding carboxylic acids is 1. The summed E-state index contributed by atoms with van der Waals surface area (Å²) in [5, 5.41) is 13.6. The van der Waals surface area contributed by atoms with Crippen LogP contribution < -0.4 is 10.2 Å². The van der Waals surface area contributed by atoms with Gasteiger partial charge in [0.25, 0.3) is 5.91 Å².